The van der Waals surface area contributed by atoms with E-state index in [-0.39, 0.29) is 11.9 Å². The van der Waals surface area contributed by atoms with Crippen molar-refractivity contribution in [1.82, 2.24) is 15.1 Å². The maximum atomic E-state index is 12.4. The van der Waals surface area contributed by atoms with Gasteiger partial charge in [0.1, 0.15) is 0 Å². The first-order valence-electron chi connectivity index (χ1n) is 8.58. The molecule has 2 aliphatic rings. The van der Waals surface area contributed by atoms with Crippen molar-refractivity contribution in [1.29, 1.82) is 0 Å². The number of urea groups is 1. The van der Waals surface area contributed by atoms with Crippen molar-refractivity contribution < 1.29 is 9.59 Å². The minimum Gasteiger partial charge on any atom is -0.341 e. The second-order valence-corrected chi connectivity index (χ2v) is 7.44. The highest BCUT2D eigenvalue weighted by Crippen LogP contribution is 2.18. The van der Waals surface area contributed by atoms with E-state index in [9.17, 15) is 9.59 Å². The van der Waals surface area contributed by atoms with E-state index in [0.29, 0.717) is 25.6 Å². The first-order chi connectivity index (χ1) is 11.2. The molecule has 1 N–H and O–H groups in total. The van der Waals surface area contributed by atoms with Gasteiger partial charge in [0.05, 0.1) is 6.42 Å². The third-order valence-electron chi connectivity index (χ3n) is 4.72. The van der Waals surface area contributed by atoms with E-state index < -0.39 is 0 Å². The lowest BCUT2D eigenvalue weighted by atomic mass is 10.2. The van der Waals surface area contributed by atoms with Crippen molar-refractivity contribution >= 4 is 23.3 Å². The number of nitrogens with one attached hydrogen (secondary N) is 1. The average Bonchev–Trinajstić information content (AvgIpc) is 3.17. The predicted molar refractivity (Wildman–Crippen MR) is 91.6 cm³/mol. The number of nitrogens with zero attached hydrogens (tertiary/aromatic N) is 2. The normalized spacial score (nSPS) is 19.7. The Hall–Kier alpha value is -1.56. The largest absolute Gasteiger partial charge is 0.341 e. The molecule has 5 nitrogen and oxygen atoms in total. The first kappa shape index (κ1) is 16.3. The van der Waals surface area contributed by atoms with E-state index >= 15 is 0 Å². The van der Waals surface area contributed by atoms with Crippen LogP contribution in [0, 0.1) is 0 Å². The maximum Gasteiger partial charge on any atom is 0.317 e. The van der Waals surface area contributed by atoms with Gasteiger partial charge in [0.15, 0.2) is 0 Å². The Morgan fingerprint density at radius 2 is 1.83 bits per heavy atom. The fraction of sp³-hybridized carbons (Fsp3) is 0.647. The van der Waals surface area contributed by atoms with Crippen LogP contribution in [-0.4, -0.2) is 54.0 Å². The van der Waals surface area contributed by atoms with Crippen LogP contribution in [0.5, 0.6) is 0 Å². The Balaban J connectivity index is 1.48. The lowest BCUT2D eigenvalue weighted by Gasteiger charge is -2.24. The van der Waals surface area contributed by atoms with Gasteiger partial charge in [-0.1, -0.05) is 18.9 Å². The summed E-state index contributed by atoms with van der Waals surface area (Å²) in [7, 11) is 0. The summed E-state index contributed by atoms with van der Waals surface area (Å²) < 4.78 is 0. The number of amides is 3. The molecule has 0 bridgehead atoms. The SMILES string of the molecule is O=C(Cc1cccs1)N1CCCN(C(=O)NC2CCCC2)CC1. The summed E-state index contributed by atoms with van der Waals surface area (Å²) in [5.41, 5.74) is 0. The number of thiophene rings is 1. The van der Waals surface area contributed by atoms with Crippen molar-refractivity contribution in [2.24, 2.45) is 0 Å². The van der Waals surface area contributed by atoms with Crippen LogP contribution in [0.15, 0.2) is 17.5 Å². The summed E-state index contributed by atoms with van der Waals surface area (Å²) in [4.78, 5) is 29.6. The number of hydrogen-bond acceptors (Lipinski definition) is 3. The van der Waals surface area contributed by atoms with Crippen LogP contribution in [0.2, 0.25) is 0 Å². The van der Waals surface area contributed by atoms with Gasteiger partial charge in [-0.3, -0.25) is 4.79 Å². The minimum atomic E-state index is 0.0458. The Kier molecular flexibility index (Phi) is 5.54. The summed E-state index contributed by atoms with van der Waals surface area (Å²) in [5.74, 6) is 0.172. The Morgan fingerprint density at radius 3 is 2.57 bits per heavy atom. The van der Waals surface area contributed by atoms with Crippen molar-refractivity contribution in [3.8, 4) is 0 Å². The first-order valence-corrected chi connectivity index (χ1v) is 9.46. The van der Waals surface area contributed by atoms with E-state index in [0.717, 1.165) is 37.2 Å². The second-order valence-electron chi connectivity index (χ2n) is 6.41. The molecule has 126 valence electrons. The number of carbonyl (C=O) groups excluding carboxylic acids is 2. The van der Waals surface area contributed by atoms with Gasteiger partial charge in [0.25, 0.3) is 0 Å². The molecule has 0 unspecified atom stereocenters. The third-order valence-corrected chi connectivity index (χ3v) is 5.60. The van der Waals surface area contributed by atoms with Gasteiger partial charge in [-0.2, -0.15) is 0 Å². The zero-order valence-corrected chi connectivity index (χ0v) is 14.3. The molecule has 0 radical (unpaired) electrons. The number of rotatable bonds is 3. The van der Waals surface area contributed by atoms with E-state index in [1.165, 1.54) is 12.8 Å². The molecule has 0 atom stereocenters. The summed E-state index contributed by atoms with van der Waals surface area (Å²) >= 11 is 1.62. The molecule has 1 aliphatic heterocycles. The predicted octanol–water partition coefficient (Wildman–Crippen LogP) is 2.48. The molecule has 2 heterocycles. The molecule has 0 spiro atoms. The fourth-order valence-corrected chi connectivity index (χ4v) is 4.08. The van der Waals surface area contributed by atoms with Crippen LogP contribution in [0.4, 0.5) is 4.79 Å². The molecule has 2 fully saturated rings. The van der Waals surface area contributed by atoms with E-state index in [1.54, 1.807) is 11.3 Å². The van der Waals surface area contributed by atoms with Crippen LogP contribution >= 0.6 is 11.3 Å². The topological polar surface area (TPSA) is 52.7 Å². The highest BCUT2D eigenvalue weighted by molar-refractivity contribution is 7.10. The number of hydrogen-bond donors (Lipinski definition) is 1. The van der Waals surface area contributed by atoms with Crippen LogP contribution in [-0.2, 0) is 11.2 Å². The van der Waals surface area contributed by atoms with Gasteiger partial charge >= 0.3 is 6.03 Å². The lowest BCUT2D eigenvalue weighted by Crippen LogP contribution is -2.45. The Bertz CT molecular complexity index is 526. The van der Waals surface area contributed by atoms with Crippen molar-refractivity contribution in [3.05, 3.63) is 22.4 Å². The quantitative estimate of drug-likeness (QED) is 0.922. The molecule has 0 aromatic carbocycles. The summed E-state index contributed by atoms with van der Waals surface area (Å²) in [6, 6.07) is 4.37. The summed E-state index contributed by atoms with van der Waals surface area (Å²) in [6.45, 7) is 2.76. The Labute approximate surface area is 141 Å². The van der Waals surface area contributed by atoms with Gasteiger partial charge in [0.2, 0.25) is 5.91 Å². The lowest BCUT2D eigenvalue weighted by molar-refractivity contribution is -0.130. The van der Waals surface area contributed by atoms with E-state index in [2.05, 4.69) is 5.32 Å². The van der Waals surface area contributed by atoms with Crippen molar-refractivity contribution in [2.45, 2.75) is 44.6 Å². The molecule has 6 heteroatoms. The monoisotopic (exact) mass is 335 g/mol. The average molecular weight is 335 g/mol. The summed E-state index contributed by atoms with van der Waals surface area (Å²) in [6.07, 6.45) is 5.97. The Morgan fingerprint density at radius 1 is 1.09 bits per heavy atom. The zero-order chi connectivity index (χ0) is 16.1. The van der Waals surface area contributed by atoms with Crippen LogP contribution in [0.3, 0.4) is 0 Å². The maximum absolute atomic E-state index is 12.4. The highest BCUT2D eigenvalue weighted by atomic mass is 32.1. The highest BCUT2D eigenvalue weighted by Gasteiger charge is 2.24. The third kappa shape index (κ3) is 4.47. The van der Waals surface area contributed by atoms with Crippen molar-refractivity contribution in [3.63, 3.8) is 0 Å². The van der Waals surface area contributed by atoms with Crippen LogP contribution in [0.1, 0.15) is 37.0 Å². The van der Waals surface area contributed by atoms with Crippen molar-refractivity contribution in [2.75, 3.05) is 26.2 Å². The molecular weight excluding hydrogens is 310 g/mol. The summed E-state index contributed by atoms with van der Waals surface area (Å²) in [5, 5.41) is 5.14. The fourth-order valence-electron chi connectivity index (χ4n) is 3.38. The van der Waals surface area contributed by atoms with E-state index in [4.69, 9.17) is 0 Å². The van der Waals surface area contributed by atoms with Gasteiger partial charge in [-0.15, -0.1) is 11.3 Å². The van der Waals surface area contributed by atoms with Gasteiger partial charge in [0, 0.05) is 37.1 Å². The van der Waals surface area contributed by atoms with Gasteiger partial charge in [-0.05, 0) is 30.7 Å². The molecule has 23 heavy (non-hydrogen) atoms. The standard InChI is InChI=1S/C17H25N3O2S/c21-16(13-15-7-3-12-23-15)19-8-4-9-20(11-10-19)17(22)18-14-5-1-2-6-14/h3,7,12,14H,1-2,4-6,8-11,13H2,(H,18,22). The smallest absolute Gasteiger partial charge is 0.317 e. The van der Waals surface area contributed by atoms with Gasteiger partial charge < -0.3 is 15.1 Å². The van der Waals surface area contributed by atoms with Crippen LogP contribution < -0.4 is 5.32 Å². The number of carbonyl (C=O) groups is 2. The molecule has 1 aromatic rings. The molecular formula is C17H25N3O2S. The molecule has 1 saturated heterocycles. The van der Waals surface area contributed by atoms with Crippen LogP contribution in [0.25, 0.3) is 0 Å². The minimum absolute atomic E-state index is 0.0458. The molecule has 3 amide bonds. The van der Waals surface area contributed by atoms with E-state index in [1.807, 2.05) is 27.3 Å². The molecule has 1 saturated carbocycles. The molecule has 3 rings (SSSR count). The molecule has 1 aromatic heterocycles. The zero-order valence-electron chi connectivity index (χ0n) is 13.5. The van der Waals surface area contributed by atoms with Gasteiger partial charge in [-0.25, -0.2) is 4.79 Å². The molecule has 1 aliphatic carbocycles. The second kappa shape index (κ2) is 7.81.